The Hall–Kier alpha value is -1.20. The molecule has 4 nitrogen and oxygen atoms in total. The van der Waals surface area contributed by atoms with Gasteiger partial charge in [-0.25, -0.2) is 0 Å². The van der Waals surface area contributed by atoms with Crippen molar-refractivity contribution >= 4 is 17.7 Å². The van der Waals surface area contributed by atoms with Gasteiger partial charge in [-0.15, -0.1) is 11.8 Å². The quantitative estimate of drug-likeness (QED) is 0.612. The van der Waals surface area contributed by atoms with E-state index in [1.165, 1.54) is 7.11 Å². The van der Waals surface area contributed by atoms with E-state index in [0.29, 0.717) is 11.8 Å². The molecule has 1 aliphatic rings. The maximum absolute atomic E-state index is 11.7. The van der Waals surface area contributed by atoms with Crippen LogP contribution in [0.15, 0.2) is 29.2 Å². The van der Waals surface area contributed by atoms with E-state index < -0.39 is 0 Å². The molecule has 0 radical (unpaired) electrons. The Kier molecular flexibility index (Phi) is 5.10. The second-order valence-electron chi connectivity index (χ2n) is 4.50. The number of ether oxygens (including phenoxy) is 2. The summed E-state index contributed by atoms with van der Waals surface area (Å²) in [6, 6.07) is 8.09. The van der Waals surface area contributed by atoms with Crippen LogP contribution in [0.4, 0.5) is 0 Å². The van der Waals surface area contributed by atoms with Crippen molar-refractivity contribution in [1.82, 2.24) is 5.32 Å². The highest BCUT2D eigenvalue weighted by Gasteiger charge is 2.28. The average molecular weight is 281 g/mol. The van der Waals surface area contributed by atoms with Gasteiger partial charge in [0.1, 0.15) is 11.8 Å². The summed E-state index contributed by atoms with van der Waals surface area (Å²) < 4.78 is 9.95. The molecule has 2 rings (SSSR count). The normalized spacial score (nSPS) is 15.9. The molecular formula is C14H19NO3S. The van der Waals surface area contributed by atoms with Crippen LogP contribution in [0, 0.1) is 0 Å². The third-order valence-electron chi connectivity index (χ3n) is 2.98. The van der Waals surface area contributed by atoms with Crippen molar-refractivity contribution in [3.05, 3.63) is 24.3 Å². The van der Waals surface area contributed by atoms with Crippen molar-refractivity contribution in [2.75, 3.05) is 20.0 Å². The number of carbonyl (C=O) groups is 1. The summed E-state index contributed by atoms with van der Waals surface area (Å²) in [5.41, 5.74) is 0. The first-order chi connectivity index (χ1) is 9.22. The van der Waals surface area contributed by atoms with Gasteiger partial charge < -0.3 is 14.8 Å². The van der Waals surface area contributed by atoms with Crippen molar-refractivity contribution < 1.29 is 14.3 Å². The van der Waals surface area contributed by atoms with Gasteiger partial charge in [0.15, 0.2) is 0 Å². The highest BCUT2D eigenvalue weighted by molar-refractivity contribution is 7.99. The summed E-state index contributed by atoms with van der Waals surface area (Å²) in [4.78, 5) is 12.8. The molecule has 1 aromatic carbocycles. The van der Waals surface area contributed by atoms with Gasteiger partial charge in [-0.05, 0) is 37.1 Å². The fourth-order valence-electron chi connectivity index (χ4n) is 1.71. The molecule has 104 valence electrons. The Morgan fingerprint density at radius 2 is 2.05 bits per heavy atom. The van der Waals surface area contributed by atoms with Gasteiger partial charge >= 0.3 is 5.97 Å². The summed E-state index contributed by atoms with van der Waals surface area (Å²) in [7, 11) is 3.08. The molecule has 0 heterocycles. The fraction of sp³-hybridized carbons (Fsp3) is 0.500. The summed E-state index contributed by atoms with van der Waals surface area (Å²) >= 11 is 1.64. The topological polar surface area (TPSA) is 47.6 Å². The van der Waals surface area contributed by atoms with Crippen LogP contribution in [-0.4, -0.2) is 38.0 Å². The summed E-state index contributed by atoms with van der Waals surface area (Å²) in [5, 5.41) is 3.31. The number of benzene rings is 1. The van der Waals surface area contributed by atoms with E-state index >= 15 is 0 Å². The largest absolute Gasteiger partial charge is 0.497 e. The molecule has 1 aromatic rings. The summed E-state index contributed by atoms with van der Waals surface area (Å²) in [6.45, 7) is 0. The molecule has 1 N–H and O–H groups in total. The van der Waals surface area contributed by atoms with Crippen LogP contribution in [-0.2, 0) is 9.53 Å². The number of esters is 1. The van der Waals surface area contributed by atoms with Crippen LogP contribution in [0.3, 0.4) is 0 Å². The number of thioether (sulfide) groups is 1. The van der Waals surface area contributed by atoms with Crippen LogP contribution in [0.25, 0.3) is 0 Å². The maximum Gasteiger partial charge on any atom is 0.323 e. The molecule has 1 fully saturated rings. The van der Waals surface area contributed by atoms with Crippen molar-refractivity contribution in [2.45, 2.75) is 29.8 Å². The minimum atomic E-state index is -0.232. The number of rotatable bonds is 7. The molecule has 1 aliphatic carbocycles. The third-order valence-corrected chi connectivity index (χ3v) is 4.08. The molecular weight excluding hydrogens is 262 g/mol. The van der Waals surface area contributed by atoms with Crippen molar-refractivity contribution in [1.29, 1.82) is 0 Å². The first-order valence-corrected chi connectivity index (χ1v) is 7.32. The van der Waals surface area contributed by atoms with E-state index in [9.17, 15) is 4.79 Å². The SMILES string of the molecule is COC(=O)C(CSc1ccc(OC)cc1)NC1CC1. The average Bonchev–Trinajstić information content (AvgIpc) is 3.27. The van der Waals surface area contributed by atoms with Crippen LogP contribution >= 0.6 is 11.8 Å². The molecule has 0 aromatic heterocycles. The minimum Gasteiger partial charge on any atom is -0.497 e. The van der Waals surface area contributed by atoms with Crippen molar-refractivity contribution in [3.63, 3.8) is 0 Å². The van der Waals surface area contributed by atoms with Gasteiger partial charge in [0.2, 0.25) is 0 Å². The smallest absolute Gasteiger partial charge is 0.323 e. The molecule has 19 heavy (non-hydrogen) atoms. The Morgan fingerprint density at radius 1 is 1.37 bits per heavy atom. The molecule has 1 unspecified atom stereocenters. The Morgan fingerprint density at radius 3 is 2.58 bits per heavy atom. The summed E-state index contributed by atoms with van der Waals surface area (Å²) in [6.07, 6.45) is 2.31. The minimum absolute atomic E-state index is 0.187. The Balaban J connectivity index is 1.87. The van der Waals surface area contributed by atoms with E-state index in [0.717, 1.165) is 23.5 Å². The molecule has 1 atom stereocenters. The lowest BCUT2D eigenvalue weighted by molar-refractivity contribution is -0.142. The maximum atomic E-state index is 11.7. The van der Waals surface area contributed by atoms with Gasteiger partial charge in [0.25, 0.3) is 0 Å². The number of methoxy groups -OCH3 is 2. The molecule has 0 saturated heterocycles. The monoisotopic (exact) mass is 281 g/mol. The number of nitrogens with one attached hydrogen (secondary N) is 1. The lowest BCUT2D eigenvalue weighted by Gasteiger charge is -2.15. The van der Waals surface area contributed by atoms with E-state index in [-0.39, 0.29) is 12.0 Å². The summed E-state index contributed by atoms with van der Waals surface area (Å²) in [5.74, 6) is 1.33. The first-order valence-electron chi connectivity index (χ1n) is 6.33. The first kappa shape index (κ1) is 14.2. The van der Waals surface area contributed by atoms with Crippen LogP contribution < -0.4 is 10.1 Å². The molecule has 0 amide bonds. The second kappa shape index (κ2) is 6.82. The molecule has 0 spiro atoms. The standard InChI is InChI=1S/C14H19NO3S/c1-17-11-5-7-12(8-6-11)19-9-13(14(16)18-2)15-10-3-4-10/h5-8,10,13,15H,3-4,9H2,1-2H3. The van der Waals surface area contributed by atoms with Crippen LogP contribution in [0.2, 0.25) is 0 Å². The lowest BCUT2D eigenvalue weighted by atomic mass is 10.3. The molecule has 5 heteroatoms. The number of carbonyl (C=O) groups excluding carboxylic acids is 1. The van der Waals surface area contributed by atoms with Crippen molar-refractivity contribution in [2.24, 2.45) is 0 Å². The Bertz CT molecular complexity index is 417. The van der Waals surface area contributed by atoms with Gasteiger partial charge in [-0.3, -0.25) is 4.79 Å². The second-order valence-corrected chi connectivity index (χ2v) is 5.60. The zero-order valence-corrected chi connectivity index (χ0v) is 12.0. The van der Waals surface area contributed by atoms with E-state index in [2.05, 4.69) is 5.32 Å². The zero-order valence-electron chi connectivity index (χ0n) is 11.2. The van der Waals surface area contributed by atoms with Gasteiger partial charge in [0, 0.05) is 16.7 Å². The predicted octanol–water partition coefficient (Wildman–Crippen LogP) is 2.08. The third kappa shape index (κ3) is 4.44. The fourth-order valence-corrected chi connectivity index (χ4v) is 2.63. The number of hydrogen-bond donors (Lipinski definition) is 1. The van der Waals surface area contributed by atoms with Gasteiger partial charge in [-0.1, -0.05) is 0 Å². The number of hydrogen-bond acceptors (Lipinski definition) is 5. The van der Waals surface area contributed by atoms with Crippen molar-refractivity contribution in [3.8, 4) is 5.75 Å². The van der Waals surface area contributed by atoms with E-state index in [1.807, 2.05) is 24.3 Å². The molecule has 1 saturated carbocycles. The van der Waals surface area contributed by atoms with Gasteiger partial charge in [0.05, 0.1) is 14.2 Å². The highest BCUT2D eigenvalue weighted by Crippen LogP contribution is 2.24. The van der Waals surface area contributed by atoms with Crippen LogP contribution in [0.1, 0.15) is 12.8 Å². The van der Waals surface area contributed by atoms with Gasteiger partial charge in [-0.2, -0.15) is 0 Å². The highest BCUT2D eigenvalue weighted by atomic mass is 32.2. The van der Waals surface area contributed by atoms with E-state index in [4.69, 9.17) is 9.47 Å². The molecule has 0 aliphatic heterocycles. The lowest BCUT2D eigenvalue weighted by Crippen LogP contribution is -2.40. The predicted molar refractivity (Wildman–Crippen MR) is 75.7 cm³/mol. The Labute approximate surface area is 117 Å². The van der Waals surface area contributed by atoms with Crippen LogP contribution in [0.5, 0.6) is 5.75 Å². The zero-order chi connectivity index (χ0) is 13.7. The molecule has 0 bridgehead atoms. The van der Waals surface area contributed by atoms with E-state index in [1.54, 1.807) is 18.9 Å².